The highest BCUT2D eigenvalue weighted by Crippen LogP contribution is 2.34. The summed E-state index contributed by atoms with van der Waals surface area (Å²) in [6.07, 6.45) is 5.77. The van der Waals surface area contributed by atoms with Crippen molar-refractivity contribution in [2.45, 2.75) is 51.7 Å². The van der Waals surface area contributed by atoms with Gasteiger partial charge in [-0.05, 0) is 24.5 Å². The molecule has 1 aliphatic rings. The van der Waals surface area contributed by atoms with Gasteiger partial charge < -0.3 is 9.47 Å². The summed E-state index contributed by atoms with van der Waals surface area (Å²) in [6, 6.07) is 10.00. The van der Waals surface area contributed by atoms with Crippen LogP contribution in [0.4, 0.5) is 0 Å². The highest BCUT2D eigenvalue weighted by Gasteiger charge is 2.40. The van der Waals surface area contributed by atoms with Crippen LogP contribution in [0, 0.1) is 5.92 Å². The molecule has 100 valence electrons. The lowest BCUT2D eigenvalue weighted by molar-refractivity contribution is -0.267. The average Bonchev–Trinajstić information content (AvgIpc) is 2.32. The van der Waals surface area contributed by atoms with E-state index in [1.54, 1.807) is 0 Å². The Kier molecular flexibility index (Phi) is 4.65. The number of hydrogen-bond acceptors (Lipinski definition) is 2. The predicted molar refractivity (Wildman–Crippen MR) is 73.7 cm³/mol. The third kappa shape index (κ3) is 3.74. The molecule has 2 heteroatoms. The van der Waals surface area contributed by atoms with Crippen LogP contribution in [-0.2, 0) is 4.74 Å². The zero-order chi connectivity index (χ0) is 12.8. The first-order valence-electron chi connectivity index (χ1n) is 7.08. The molecule has 1 saturated heterocycles. The molecule has 1 aromatic rings. The molecule has 0 saturated carbocycles. The molecule has 1 fully saturated rings. The normalized spacial score (nSPS) is 22.8. The number of unbranched alkanes of at least 4 members (excludes halogenated alkanes) is 1. The van der Waals surface area contributed by atoms with Crippen LogP contribution in [0.2, 0.25) is 0 Å². The van der Waals surface area contributed by atoms with E-state index in [4.69, 9.17) is 9.47 Å². The first-order valence-corrected chi connectivity index (χ1v) is 7.08. The van der Waals surface area contributed by atoms with E-state index in [0.29, 0.717) is 0 Å². The summed E-state index contributed by atoms with van der Waals surface area (Å²) in [7, 11) is 0. The molecule has 18 heavy (non-hydrogen) atoms. The Labute approximate surface area is 110 Å². The lowest BCUT2D eigenvalue weighted by atomic mass is 9.98. The molecule has 1 aliphatic heterocycles. The fraction of sp³-hybridized carbons (Fsp3) is 0.625. The summed E-state index contributed by atoms with van der Waals surface area (Å²) >= 11 is 0. The molecule has 0 bridgehead atoms. The van der Waals surface area contributed by atoms with E-state index in [-0.39, 0.29) is 5.79 Å². The van der Waals surface area contributed by atoms with Gasteiger partial charge in [0.15, 0.2) is 0 Å². The molecule has 2 rings (SSSR count). The van der Waals surface area contributed by atoms with Crippen LogP contribution in [0.5, 0.6) is 5.75 Å². The van der Waals surface area contributed by atoms with Gasteiger partial charge in [-0.1, -0.05) is 44.9 Å². The maximum absolute atomic E-state index is 6.02. The monoisotopic (exact) mass is 248 g/mol. The lowest BCUT2D eigenvalue weighted by Crippen LogP contribution is -2.48. The number of benzene rings is 1. The smallest absolute Gasteiger partial charge is 0.212 e. The van der Waals surface area contributed by atoms with E-state index in [1.165, 1.54) is 19.3 Å². The van der Waals surface area contributed by atoms with Gasteiger partial charge in [0, 0.05) is 12.8 Å². The maximum Gasteiger partial charge on any atom is 0.212 e. The molecule has 0 aromatic heterocycles. The Morgan fingerprint density at radius 2 is 1.94 bits per heavy atom. The van der Waals surface area contributed by atoms with Crippen LogP contribution >= 0.6 is 0 Å². The number of rotatable bonds is 7. The highest BCUT2D eigenvalue weighted by atomic mass is 16.7. The molecule has 1 unspecified atom stereocenters. The van der Waals surface area contributed by atoms with Gasteiger partial charge in [-0.2, -0.15) is 0 Å². The van der Waals surface area contributed by atoms with Gasteiger partial charge >= 0.3 is 0 Å². The van der Waals surface area contributed by atoms with Gasteiger partial charge in [0.2, 0.25) is 5.79 Å². The summed E-state index contributed by atoms with van der Waals surface area (Å²) in [5.74, 6) is 1.37. The summed E-state index contributed by atoms with van der Waals surface area (Å²) < 4.78 is 11.7. The minimum absolute atomic E-state index is 0.335. The van der Waals surface area contributed by atoms with Crippen molar-refractivity contribution in [1.82, 2.24) is 0 Å². The van der Waals surface area contributed by atoms with Crippen LogP contribution in [0.1, 0.15) is 46.0 Å². The van der Waals surface area contributed by atoms with E-state index >= 15 is 0 Å². The molecular weight excluding hydrogens is 224 g/mol. The second-order valence-electron chi connectivity index (χ2n) is 5.56. The Morgan fingerprint density at radius 1 is 1.22 bits per heavy atom. The van der Waals surface area contributed by atoms with E-state index in [1.807, 2.05) is 30.3 Å². The summed E-state index contributed by atoms with van der Waals surface area (Å²) in [6.45, 7) is 5.38. The minimum Gasteiger partial charge on any atom is -0.462 e. The van der Waals surface area contributed by atoms with Crippen molar-refractivity contribution in [1.29, 1.82) is 0 Å². The molecule has 0 N–H and O–H groups in total. The van der Waals surface area contributed by atoms with Gasteiger partial charge in [0.1, 0.15) is 5.75 Å². The second-order valence-corrected chi connectivity index (χ2v) is 5.56. The first kappa shape index (κ1) is 13.4. The van der Waals surface area contributed by atoms with E-state index < -0.39 is 0 Å². The molecule has 0 aliphatic carbocycles. The van der Waals surface area contributed by atoms with Gasteiger partial charge in [-0.3, -0.25) is 0 Å². The van der Waals surface area contributed by atoms with Gasteiger partial charge in [-0.25, -0.2) is 0 Å². The van der Waals surface area contributed by atoms with Crippen LogP contribution < -0.4 is 4.74 Å². The van der Waals surface area contributed by atoms with Crippen LogP contribution in [0.25, 0.3) is 0 Å². The molecular formula is C16H24O2. The predicted octanol–water partition coefficient (Wildman–Crippen LogP) is 4.40. The largest absolute Gasteiger partial charge is 0.462 e. The molecule has 2 nitrogen and oxygen atoms in total. The quantitative estimate of drug-likeness (QED) is 0.666. The standard InChI is InChI=1S/C16H24O2/c1-14(2)8-6-7-11-16(12-13-17-16)18-15-9-4-3-5-10-15/h3-5,9-10,14H,6-8,11-13H2,1-2H3. The second kappa shape index (κ2) is 6.24. The molecule has 0 spiro atoms. The summed E-state index contributed by atoms with van der Waals surface area (Å²) in [4.78, 5) is 0. The van der Waals surface area contributed by atoms with Crippen LogP contribution in [0.3, 0.4) is 0 Å². The van der Waals surface area contributed by atoms with Crippen LogP contribution in [0.15, 0.2) is 30.3 Å². The Morgan fingerprint density at radius 3 is 2.50 bits per heavy atom. The molecule has 1 atom stereocenters. The summed E-state index contributed by atoms with van der Waals surface area (Å²) in [5.41, 5.74) is 0. The molecule has 0 radical (unpaired) electrons. The number of para-hydroxylation sites is 1. The van der Waals surface area contributed by atoms with Crippen molar-refractivity contribution < 1.29 is 9.47 Å². The molecule has 0 amide bonds. The Bertz CT molecular complexity index is 341. The number of ether oxygens (including phenoxy) is 2. The SMILES string of the molecule is CC(C)CCCCC1(Oc2ccccc2)CCO1. The van der Waals surface area contributed by atoms with Crippen LogP contribution in [-0.4, -0.2) is 12.4 Å². The first-order chi connectivity index (χ1) is 8.70. The van der Waals surface area contributed by atoms with Crippen molar-refractivity contribution in [2.75, 3.05) is 6.61 Å². The average molecular weight is 248 g/mol. The van der Waals surface area contributed by atoms with E-state index in [0.717, 1.165) is 31.1 Å². The van der Waals surface area contributed by atoms with Gasteiger partial charge in [0.25, 0.3) is 0 Å². The zero-order valence-corrected chi connectivity index (χ0v) is 11.5. The third-order valence-electron chi connectivity index (χ3n) is 3.48. The van der Waals surface area contributed by atoms with Crippen molar-refractivity contribution >= 4 is 0 Å². The van der Waals surface area contributed by atoms with Gasteiger partial charge in [0.05, 0.1) is 6.61 Å². The van der Waals surface area contributed by atoms with Crippen molar-refractivity contribution in [3.8, 4) is 5.75 Å². The van der Waals surface area contributed by atoms with E-state index in [9.17, 15) is 0 Å². The van der Waals surface area contributed by atoms with Crippen molar-refractivity contribution in [3.63, 3.8) is 0 Å². The Balaban J connectivity index is 1.79. The third-order valence-corrected chi connectivity index (χ3v) is 3.48. The fourth-order valence-corrected chi connectivity index (χ4v) is 2.31. The lowest BCUT2D eigenvalue weighted by Gasteiger charge is -2.41. The summed E-state index contributed by atoms with van der Waals surface area (Å²) in [5, 5.41) is 0. The highest BCUT2D eigenvalue weighted by molar-refractivity contribution is 5.21. The maximum atomic E-state index is 6.02. The number of hydrogen-bond donors (Lipinski definition) is 0. The Hall–Kier alpha value is -1.02. The molecule has 1 aromatic carbocycles. The zero-order valence-electron chi connectivity index (χ0n) is 11.5. The molecule has 1 heterocycles. The van der Waals surface area contributed by atoms with Crippen molar-refractivity contribution in [2.24, 2.45) is 5.92 Å². The van der Waals surface area contributed by atoms with Crippen molar-refractivity contribution in [3.05, 3.63) is 30.3 Å². The minimum atomic E-state index is -0.335. The van der Waals surface area contributed by atoms with E-state index in [2.05, 4.69) is 13.8 Å². The fourth-order valence-electron chi connectivity index (χ4n) is 2.31. The topological polar surface area (TPSA) is 18.5 Å². The van der Waals surface area contributed by atoms with Gasteiger partial charge in [-0.15, -0.1) is 0 Å².